The van der Waals surface area contributed by atoms with E-state index in [2.05, 4.69) is 34.6 Å². The number of aromatic nitrogens is 1. The maximum atomic E-state index is 12.2. The van der Waals surface area contributed by atoms with Gasteiger partial charge in [-0.15, -0.1) is 0 Å². The van der Waals surface area contributed by atoms with Crippen LogP contribution < -0.4 is 5.32 Å². The van der Waals surface area contributed by atoms with Crippen molar-refractivity contribution in [3.8, 4) is 11.1 Å². The minimum atomic E-state index is -1.13. The van der Waals surface area contributed by atoms with Crippen molar-refractivity contribution in [1.29, 1.82) is 0 Å². The van der Waals surface area contributed by atoms with Crippen molar-refractivity contribution < 1.29 is 19.4 Å². The zero-order valence-electron chi connectivity index (χ0n) is 17.1. The van der Waals surface area contributed by atoms with E-state index < -0.39 is 12.1 Å². The average Bonchev–Trinajstić information content (AvgIpc) is 3.12. The lowest BCUT2D eigenvalue weighted by Crippen LogP contribution is -2.26. The molecule has 0 bridgehead atoms. The van der Waals surface area contributed by atoms with E-state index in [4.69, 9.17) is 21.4 Å². The fraction of sp³-hybridized carbons (Fsp3) is 0.160. The van der Waals surface area contributed by atoms with Gasteiger partial charge < -0.3 is 15.2 Å². The van der Waals surface area contributed by atoms with Crippen LogP contribution in [-0.2, 0) is 4.74 Å². The summed E-state index contributed by atoms with van der Waals surface area (Å²) in [6, 6.07) is 17.8. The van der Waals surface area contributed by atoms with Gasteiger partial charge in [0.15, 0.2) is 0 Å². The van der Waals surface area contributed by atoms with Crippen molar-refractivity contribution in [2.45, 2.75) is 12.3 Å². The molecule has 2 N–H and O–H groups in total. The molecule has 162 valence electrons. The number of benzene rings is 2. The molecule has 1 aromatic heterocycles. The molecule has 4 rings (SSSR count). The van der Waals surface area contributed by atoms with E-state index in [9.17, 15) is 9.59 Å². The fourth-order valence-corrected chi connectivity index (χ4v) is 4.02. The number of pyridine rings is 1. The second-order valence-electron chi connectivity index (χ2n) is 7.36. The van der Waals surface area contributed by atoms with Crippen LogP contribution in [0, 0.1) is 0 Å². The fourth-order valence-electron chi connectivity index (χ4n) is 3.83. The number of hydrogen-bond donors (Lipinski definition) is 2. The van der Waals surface area contributed by atoms with Gasteiger partial charge in [-0.1, -0.05) is 72.3 Å². The molecule has 0 saturated carbocycles. The third-order valence-corrected chi connectivity index (χ3v) is 5.63. The summed E-state index contributed by atoms with van der Waals surface area (Å²) in [6.45, 7) is 0.657. The molecule has 2 aromatic carbocycles. The Hall–Kier alpha value is -3.64. The summed E-state index contributed by atoms with van der Waals surface area (Å²) in [7, 11) is 0. The van der Waals surface area contributed by atoms with Crippen LogP contribution in [0.4, 0.5) is 4.79 Å². The zero-order chi connectivity index (χ0) is 22.5. The Morgan fingerprint density at radius 1 is 1.09 bits per heavy atom. The molecule has 0 atom stereocenters. The summed E-state index contributed by atoms with van der Waals surface area (Å²) >= 11 is 5.77. The molecule has 1 aliphatic rings. The van der Waals surface area contributed by atoms with E-state index >= 15 is 0 Å². The first-order chi connectivity index (χ1) is 15.5. The molecule has 32 heavy (non-hydrogen) atoms. The Labute approximate surface area is 190 Å². The zero-order valence-corrected chi connectivity index (χ0v) is 17.9. The number of rotatable bonds is 7. The third-order valence-electron chi connectivity index (χ3n) is 5.32. The lowest BCUT2D eigenvalue weighted by atomic mass is 9.98. The average molecular weight is 449 g/mol. The number of carbonyl (C=O) groups is 2. The number of halogens is 1. The minimum Gasteiger partial charge on any atom is -0.478 e. The van der Waals surface area contributed by atoms with Crippen molar-refractivity contribution >= 4 is 29.7 Å². The van der Waals surface area contributed by atoms with Crippen molar-refractivity contribution in [3.63, 3.8) is 0 Å². The van der Waals surface area contributed by atoms with Gasteiger partial charge in [-0.3, -0.25) is 0 Å². The number of alkyl carbamates (subject to hydrolysis) is 1. The SMILES string of the molecule is O=C(NCCC=Cc1cnc(Cl)c(C(=O)O)c1)OCC1c2ccccc2-c2ccccc21. The summed E-state index contributed by atoms with van der Waals surface area (Å²) in [5.74, 6) is -1.11. The molecule has 0 unspecified atom stereocenters. The van der Waals surface area contributed by atoms with Crippen molar-refractivity contribution in [1.82, 2.24) is 10.3 Å². The number of carboxylic acid groups (broad SMARTS) is 1. The van der Waals surface area contributed by atoms with Gasteiger partial charge in [-0.25, -0.2) is 14.6 Å². The number of aromatic carboxylic acids is 1. The molecule has 3 aromatic rings. The van der Waals surface area contributed by atoms with Crippen LogP contribution in [0.5, 0.6) is 0 Å². The van der Waals surface area contributed by atoms with Gasteiger partial charge >= 0.3 is 12.1 Å². The van der Waals surface area contributed by atoms with Gasteiger partial charge in [0.1, 0.15) is 11.8 Å². The highest BCUT2D eigenvalue weighted by Crippen LogP contribution is 2.44. The van der Waals surface area contributed by atoms with Gasteiger partial charge in [0.05, 0.1) is 5.56 Å². The maximum absolute atomic E-state index is 12.2. The van der Waals surface area contributed by atoms with Gasteiger partial charge in [0, 0.05) is 18.7 Å². The number of fused-ring (bicyclic) bond motifs is 3. The highest BCUT2D eigenvalue weighted by Gasteiger charge is 2.28. The Kier molecular flexibility index (Phi) is 6.52. The lowest BCUT2D eigenvalue weighted by Gasteiger charge is -2.14. The van der Waals surface area contributed by atoms with Crippen LogP contribution in [0.15, 0.2) is 66.9 Å². The van der Waals surface area contributed by atoms with Gasteiger partial charge in [0.25, 0.3) is 0 Å². The molecule has 0 aliphatic heterocycles. The van der Waals surface area contributed by atoms with E-state index in [-0.39, 0.29) is 23.2 Å². The number of nitrogens with one attached hydrogen (secondary N) is 1. The molecule has 0 radical (unpaired) electrons. The Morgan fingerprint density at radius 2 is 1.75 bits per heavy atom. The van der Waals surface area contributed by atoms with Crippen LogP contribution in [0.2, 0.25) is 5.15 Å². The van der Waals surface area contributed by atoms with Gasteiger partial charge in [-0.2, -0.15) is 0 Å². The van der Waals surface area contributed by atoms with Crippen molar-refractivity contribution in [2.75, 3.05) is 13.2 Å². The smallest absolute Gasteiger partial charge is 0.407 e. The van der Waals surface area contributed by atoms with Crippen LogP contribution >= 0.6 is 11.6 Å². The van der Waals surface area contributed by atoms with Crippen molar-refractivity contribution in [3.05, 3.63) is 94.3 Å². The second kappa shape index (κ2) is 9.66. The lowest BCUT2D eigenvalue weighted by molar-refractivity contribution is 0.0696. The predicted octanol–water partition coefficient (Wildman–Crippen LogP) is 5.38. The van der Waals surface area contributed by atoms with E-state index in [1.54, 1.807) is 6.08 Å². The van der Waals surface area contributed by atoms with Crippen LogP contribution in [0.3, 0.4) is 0 Å². The second-order valence-corrected chi connectivity index (χ2v) is 7.71. The molecule has 1 aliphatic carbocycles. The monoisotopic (exact) mass is 448 g/mol. The number of ether oxygens (including phenoxy) is 1. The molecule has 7 heteroatoms. The molecular formula is C25H21ClN2O4. The van der Waals surface area contributed by atoms with Crippen molar-refractivity contribution in [2.24, 2.45) is 0 Å². The molecule has 0 spiro atoms. The number of nitrogens with zero attached hydrogens (tertiary/aromatic N) is 1. The quantitative estimate of drug-likeness (QED) is 0.374. The summed E-state index contributed by atoms with van der Waals surface area (Å²) in [5.41, 5.74) is 5.27. The van der Waals surface area contributed by atoms with Gasteiger partial charge in [-0.05, 0) is 40.3 Å². The third kappa shape index (κ3) is 4.65. The normalized spacial score (nSPS) is 12.4. The number of hydrogen-bond acceptors (Lipinski definition) is 4. The van der Waals surface area contributed by atoms with Crippen LogP contribution in [0.1, 0.15) is 39.4 Å². The number of carboxylic acids is 1. The van der Waals surface area contributed by atoms with Gasteiger partial charge in [0.2, 0.25) is 0 Å². The highest BCUT2D eigenvalue weighted by molar-refractivity contribution is 6.32. The van der Waals surface area contributed by atoms with Crippen LogP contribution in [-0.4, -0.2) is 35.3 Å². The summed E-state index contributed by atoms with van der Waals surface area (Å²) in [5, 5.41) is 11.8. The molecule has 0 fully saturated rings. The standard InChI is InChI=1S/C25H21ClN2O4/c26-23-21(24(29)30)13-16(14-28-23)7-5-6-12-27-25(31)32-15-22-19-10-3-1-8-17(19)18-9-2-4-11-20(18)22/h1-5,7-11,13-14,22H,6,12,15H2,(H,27,31)(H,29,30). The minimum absolute atomic E-state index is 0.0221. The largest absolute Gasteiger partial charge is 0.478 e. The van der Waals surface area contributed by atoms with E-state index in [0.29, 0.717) is 18.5 Å². The molecular weight excluding hydrogens is 428 g/mol. The summed E-state index contributed by atoms with van der Waals surface area (Å²) in [4.78, 5) is 27.1. The molecule has 1 amide bonds. The topological polar surface area (TPSA) is 88.5 Å². The highest BCUT2D eigenvalue weighted by atomic mass is 35.5. The van der Waals surface area contributed by atoms with Crippen LogP contribution in [0.25, 0.3) is 17.2 Å². The van der Waals surface area contributed by atoms with E-state index in [1.165, 1.54) is 34.5 Å². The molecule has 6 nitrogen and oxygen atoms in total. The first-order valence-electron chi connectivity index (χ1n) is 10.2. The predicted molar refractivity (Wildman–Crippen MR) is 123 cm³/mol. The number of amides is 1. The Morgan fingerprint density at radius 3 is 2.41 bits per heavy atom. The molecule has 0 saturated heterocycles. The summed E-state index contributed by atoms with van der Waals surface area (Å²) in [6.07, 6.45) is 5.12. The number of carbonyl (C=O) groups excluding carboxylic acids is 1. The first kappa shape index (κ1) is 21.6. The Balaban J connectivity index is 1.27. The van der Waals surface area contributed by atoms with E-state index in [0.717, 1.165) is 0 Å². The maximum Gasteiger partial charge on any atom is 0.407 e. The van der Waals surface area contributed by atoms with E-state index in [1.807, 2.05) is 30.3 Å². The Bertz CT molecular complexity index is 1150. The first-order valence-corrected chi connectivity index (χ1v) is 10.6. The summed E-state index contributed by atoms with van der Waals surface area (Å²) < 4.78 is 5.50. The molecule has 1 heterocycles.